The van der Waals surface area contributed by atoms with E-state index in [0.29, 0.717) is 5.92 Å². The normalized spacial score (nSPS) is 10.9. The molecule has 2 aromatic rings. The first-order valence-corrected chi connectivity index (χ1v) is 6.33. The van der Waals surface area contributed by atoms with Crippen LogP contribution in [-0.4, -0.2) is 4.98 Å². The zero-order valence-electron chi connectivity index (χ0n) is 11.8. The summed E-state index contributed by atoms with van der Waals surface area (Å²) < 4.78 is 0. The van der Waals surface area contributed by atoms with Gasteiger partial charge in [-0.15, -0.1) is 6.42 Å². The molecule has 0 unspecified atom stereocenters. The van der Waals surface area contributed by atoms with Crippen molar-refractivity contribution in [3.63, 3.8) is 0 Å². The molecule has 1 aromatic carbocycles. The zero-order valence-corrected chi connectivity index (χ0v) is 11.8. The van der Waals surface area contributed by atoms with Gasteiger partial charge in [-0.05, 0) is 55.5 Å². The van der Waals surface area contributed by atoms with Crippen molar-refractivity contribution in [3.05, 3.63) is 40.1 Å². The van der Waals surface area contributed by atoms with Crippen molar-refractivity contribution >= 4 is 10.9 Å². The van der Waals surface area contributed by atoms with Crippen LogP contribution in [0.3, 0.4) is 0 Å². The summed E-state index contributed by atoms with van der Waals surface area (Å²) in [5.41, 5.74) is 6.79. The number of pyridine rings is 1. The Bertz CT molecular complexity index is 658. The summed E-state index contributed by atoms with van der Waals surface area (Å²) in [6.07, 6.45) is 5.66. The Morgan fingerprint density at radius 3 is 2.28 bits per heavy atom. The van der Waals surface area contributed by atoms with Crippen LogP contribution in [-0.2, 0) is 0 Å². The molecular formula is C17H19N. The second kappa shape index (κ2) is 4.46. The third kappa shape index (κ3) is 1.88. The first-order valence-electron chi connectivity index (χ1n) is 6.33. The number of hydrogen-bond donors (Lipinski definition) is 0. The van der Waals surface area contributed by atoms with Crippen molar-refractivity contribution in [1.82, 2.24) is 4.98 Å². The highest BCUT2D eigenvalue weighted by atomic mass is 14.7. The third-order valence-electron chi connectivity index (χ3n) is 3.54. The number of benzene rings is 1. The number of fused-ring (bicyclic) bond motifs is 1. The third-order valence-corrected chi connectivity index (χ3v) is 3.54. The van der Waals surface area contributed by atoms with Crippen molar-refractivity contribution in [2.45, 2.75) is 40.5 Å². The smallest absolute Gasteiger partial charge is 0.0711 e. The summed E-state index contributed by atoms with van der Waals surface area (Å²) >= 11 is 0. The minimum absolute atomic E-state index is 0.405. The molecule has 0 saturated heterocycles. The van der Waals surface area contributed by atoms with Crippen LogP contribution < -0.4 is 0 Å². The SMILES string of the molecule is C#Cc1c(C)nc2cc(C)c(C)cc2c1C(C)C. The average Bonchev–Trinajstić information content (AvgIpc) is 2.29. The van der Waals surface area contributed by atoms with Crippen molar-refractivity contribution in [3.8, 4) is 12.3 Å². The molecule has 0 spiro atoms. The van der Waals surface area contributed by atoms with Gasteiger partial charge >= 0.3 is 0 Å². The van der Waals surface area contributed by atoms with E-state index in [1.165, 1.54) is 22.1 Å². The van der Waals surface area contributed by atoms with E-state index in [9.17, 15) is 0 Å². The second-order valence-corrected chi connectivity index (χ2v) is 5.24. The Morgan fingerprint density at radius 2 is 1.72 bits per heavy atom. The van der Waals surface area contributed by atoms with E-state index in [2.05, 4.69) is 50.7 Å². The van der Waals surface area contributed by atoms with E-state index >= 15 is 0 Å². The molecule has 0 saturated carbocycles. The summed E-state index contributed by atoms with van der Waals surface area (Å²) in [6, 6.07) is 4.37. The molecule has 0 N–H and O–H groups in total. The van der Waals surface area contributed by atoms with Crippen LogP contribution in [0.4, 0.5) is 0 Å². The minimum atomic E-state index is 0.405. The van der Waals surface area contributed by atoms with Gasteiger partial charge in [0.2, 0.25) is 0 Å². The predicted molar refractivity (Wildman–Crippen MR) is 78.0 cm³/mol. The second-order valence-electron chi connectivity index (χ2n) is 5.24. The number of nitrogens with zero attached hydrogens (tertiary/aromatic N) is 1. The van der Waals surface area contributed by atoms with E-state index < -0.39 is 0 Å². The maximum Gasteiger partial charge on any atom is 0.0711 e. The first kappa shape index (κ1) is 12.6. The maximum atomic E-state index is 5.66. The highest BCUT2D eigenvalue weighted by Gasteiger charge is 2.14. The fourth-order valence-electron chi connectivity index (χ4n) is 2.46. The lowest BCUT2D eigenvalue weighted by atomic mass is 9.91. The van der Waals surface area contributed by atoms with Gasteiger partial charge in [-0.1, -0.05) is 19.8 Å². The summed E-state index contributed by atoms with van der Waals surface area (Å²) in [7, 11) is 0. The molecule has 92 valence electrons. The molecular weight excluding hydrogens is 218 g/mol. The van der Waals surface area contributed by atoms with Crippen LogP contribution in [0.2, 0.25) is 0 Å². The molecule has 0 radical (unpaired) electrons. The van der Waals surface area contributed by atoms with Crippen molar-refractivity contribution in [2.75, 3.05) is 0 Å². The van der Waals surface area contributed by atoms with Crippen molar-refractivity contribution < 1.29 is 0 Å². The van der Waals surface area contributed by atoms with Gasteiger partial charge in [-0.2, -0.15) is 0 Å². The Labute approximate surface area is 109 Å². The largest absolute Gasteiger partial charge is 0.252 e. The molecule has 1 nitrogen and oxygen atoms in total. The maximum absolute atomic E-state index is 5.66. The Hall–Kier alpha value is -1.81. The molecule has 18 heavy (non-hydrogen) atoms. The van der Waals surface area contributed by atoms with Gasteiger partial charge in [0.05, 0.1) is 11.2 Å². The van der Waals surface area contributed by atoms with Crippen LogP contribution >= 0.6 is 0 Å². The van der Waals surface area contributed by atoms with E-state index in [4.69, 9.17) is 6.42 Å². The molecule has 1 aromatic heterocycles. The molecule has 0 aliphatic rings. The molecule has 1 heterocycles. The molecule has 0 aliphatic carbocycles. The minimum Gasteiger partial charge on any atom is -0.252 e. The highest BCUT2D eigenvalue weighted by molar-refractivity contribution is 5.86. The van der Waals surface area contributed by atoms with Gasteiger partial charge < -0.3 is 0 Å². The number of terminal acetylenes is 1. The van der Waals surface area contributed by atoms with Gasteiger partial charge in [0.1, 0.15) is 0 Å². The Balaban J connectivity index is 2.98. The van der Waals surface area contributed by atoms with Gasteiger partial charge in [-0.25, -0.2) is 0 Å². The zero-order chi connectivity index (χ0) is 13.4. The fourth-order valence-corrected chi connectivity index (χ4v) is 2.46. The van der Waals surface area contributed by atoms with Gasteiger partial charge in [-0.3, -0.25) is 4.98 Å². The van der Waals surface area contributed by atoms with Crippen LogP contribution in [0.5, 0.6) is 0 Å². The number of rotatable bonds is 1. The summed E-state index contributed by atoms with van der Waals surface area (Å²) in [5, 5.41) is 1.20. The highest BCUT2D eigenvalue weighted by Crippen LogP contribution is 2.30. The number of aromatic nitrogens is 1. The first-order chi connectivity index (χ1) is 8.45. The quantitative estimate of drug-likeness (QED) is 0.675. The van der Waals surface area contributed by atoms with Crippen LogP contribution in [0.15, 0.2) is 12.1 Å². The van der Waals surface area contributed by atoms with E-state index in [-0.39, 0.29) is 0 Å². The average molecular weight is 237 g/mol. The molecule has 0 atom stereocenters. The van der Waals surface area contributed by atoms with E-state index in [1.54, 1.807) is 0 Å². The summed E-state index contributed by atoms with van der Waals surface area (Å²) in [5.74, 6) is 3.21. The number of aryl methyl sites for hydroxylation is 3. The number of hydrogen-bond acceptors (Lipinski definition) is 1. The van der Waals surface area contributed by atoms with Gasteiger partial charge in [0.25, 0.3) is 0 Å². The van der Waals surface area contributed by atoms with Crippen LogP contribution in [0.25, 0.3) is 10.9 Å². The molecule has 0 bridgehead atoms. The van der Waals surface area contributed by atoms with E-state index in [0.717, 1.165) is 16.8 Å². The van der Waals surface area contributed by atoms with Crippen LogP contribution in [0.1, 0.15) is 47.7 Å². The summed E-state index contributed by atoms with van der Waals surface area (Å²) in [6.45, 7) is 10.6. The van der Waals surface area contributed by atoms with Gasteiger partial charge in [0, 0.05) is 10.9 Å². The van der Waals surface area contributed by atoms with Gasteiger partial charge in [0.15, 0.2) is 0 Å². The van der Waals surface area contributed by atoms with Crippen molar-refractivity contribution in [2.24, 2.45) is 0 Å². The topological polar surface area (TPSA) is 12.9 Å². The Morgan fingerprint density at radius 1 is 1.11 bits per heavy atom. The fraction of sp³-hybridized carbons (Fsp3) is 0.353. The lowest BCUT2D eigenvalue weighted by Gasteiger charge is -2.16. The van der Waals surface area contributed by atoms with Crippen molar-refractivity contribution in [1.29, 1.82) is 0 Å². The molecule has 0 aliphatic heterocycles. The standard InChI is InChI=1S/C17H19N/c1-7-14-13(6)18-16-9-12(5)11(4)8-15(16)17(14)10(2)3/h1,8-10H,2-6H3. The Kier molecular flexibility index (Phi) is 3.13. The lowest BCUT2D eigenvalue weighted by molar-refractivity contribution is 0.867. The predicted octanol–water partition coefficient (Wildman–Crippen LogP) is 4.26. The molecule has 1 heteroatoms. The lowest BCUT2D eigenvalue weighted by Crippen LogP contribution is -2.01. The van der Waals surface area contributed by atoms with Crippen LogP contribution in [0, 0.1) is 33.1 Å². The molecule has 0 fully saturated rings. The van der Waals surface area contributed by atoms with E-state index in [1.807, 2.05) is 6.92 Å². The molecule has 2 rings (SSSR count). The monoisotopic (exact) mass is 237 g/mol. The summed E-state index contributed by atoms with van der Waals surface area (Å²) in [4.78, 5) is 4.65. The molecule has 0 amide bonds.